The van der Waals surface area contributed by atoms with Crippen LogP contribution in [0.15, 0.2) is 47.3 Å². The zero-order valence-electron chi connectivity index (χ0n) is 9.68. The molecule has 2 aromatic rings. The van der Waals surface area contributed by atoms with Crippen LogP contribution in [0.4, 0.5) is 5.69 Å². The van der Waals surface area contributed by atoms with Crippen molar-refractivity contribution in [2.45, 2.75) is 0 Å². The number of hydrogen-bond acceptors (Lipinski definition) is 5. The molecule has 19 heavy (non-hydrogen) atoms. The molecule has 6 heteroatoms. The minimum Gasteiger partial charge on any atom is -0.437 e. The number of fused-ring (bicyclic) bond motifs is 1. The SMILES string of the molecule is N#CC(=C1Nc2ccccc2O1)c1cc(=O)[nH]cn1. The molecule has 6 nitrogen and oxygen atoms in total. The normalized spacial score (nSPS) is 14.9. The molecule has 92 valence electrons. The first-order valence-corrected chi connectivity index (χ1v) is 5.51. The Balaban J connectivity index is 2.08. The molecule has 1 aromatic heterocycles. The van der Waals surface area contributed by atoms with Crippen LogP contribution >= 0.6 is 0 Å². The molecular weight excluding hydrogens is 244 g/mol. The van der Waals surface area contributed by atoms with Crippen molar-refractivity contribution in [3.63, 3.8) is 0 Å². The lowest BCUT2D eigenvalue weighted by molar-refractivity contribution is 0.460. The molecular formula is C13H8N4O2. The predicted molar refractivity (Wildman–Crippen MR) is 68.1 cm³/mol. The first-order valence-electron chi connectivity index (χ1n) is 5.51. The van der Waals surface area contributed by atoms with Gasteiger partial charge in [0.15, 0.2) is 5.75 Å². The molecule has 1 aliphatic heterocycles. The van der Waals surface area contributed by atoms with Crippen LogP contribution in [-0.2, 0) is 0 Å². The zero-order chi connectivity index (χ0) is 13.2. The first-order chi connectivity index (χ1) is 9.28. The summed E-state index contributed by atoms with van der Waals surface area (Å²) in [5.41, 5.74) is 0.896. The highest BCUT2D eigenvalue weighted by molar-refractivity contribution is 5.81. The molecule has 0 radical (unpaired) electrons. The highest BCUT2D eigenvalue weighted by atomic mass is 16.5. The fourth-order valence-corrected chi connectivity index (χ4v) is 1.76. The molecule has 0 atom stereocenters. The molecule has 0 bridgehead atoms. The van der Waals surface area contributed by atoms with Gasteiger partial charge in [-0.05, 0) is 12.1 Å². The molecule has 2 N–H and O–H groups in total. The Kier molecular flexibility index (Phi) is 2.50. The quantitative estimate of drug-likeness (QED) is 0.750. The summed E-state index contributed by atoms with van der Waals surface area (Å²) in [6, 6.07) is 10.6. The summed E-state index contributed by atoms with van der Waals surface area (Å²) >= 11 is 0. The summed E-state index contributed by atoms with van der Waals surface area (Å²) in [5, 5.41) is 12.2. The van der Waals surface area contributed by atoms with E-state index in [0.717, 1.165) is 5.69 Å². The molecule has 0 saturated heterocycles. The number of H-pyrrole nitrogens is 1. The second-order valence-corrected chi connectivity index (χ2v) is 3.84. The van der Waals surface area contributed by atoms with Gasteiger partial charge in [-0.25, -0.2) is 4.98 Å². The topological polar surface area (TPSA) is 90.8 Å². The van der Waals surface area contributed by atoms with Gasteiger partial charge in [-0.15, -0.1) is 0 Å². The number of nitriles is 1. The van der Waals surface area contributed by atoms with Gasteiger partial charge in [0.25, 0.3) is 5.56 Å². The van der Waals surface area contributed by atoms with Crippen molar-refractivity contribution in [1.82, 2.24) is 9.97 Å². The molecule has 0 saturated carbocycles. The van der Waals surface area contributed by atoms with Crippen molar-refractivity contribution in [3.8, 4) is 11.8 Å². The fourth-order valence-electron chi connectivity index (χ4n) is 1.76. The summed E-state index contributed by atoms with van der Waals surface area (Å²) in [6.07, 6.45) is 1.25. The van der Waals surface area contributed by atoms with E-state index in [1.165, 1.54) is 12.4 Å². The van der Waals surface area contributed by atoms with Crippen LogP contribution < -0.4 is 15.6 Å². The first kappa shape index (κ1) is 11.0. The van der Waals surface area contributed by atoms with Crippen LogP contribution in [0.5, 0.6) is 5.75 Å². The van der Waals surface area contributed by atoms with Crippen molar-refractivity contribution in [2.75, 3.05) is 5.32 Å². The number of nitrogens with one attached hydrogen (secondary N) is 2. The number of aromatic nitrogens is 2. The zero-order valence-corrected chi connectivity index (χ0v) is 9.68. The molecule has 0 unspecified atom stereocenters. The molecule has 3 rings (SSSR count). The molecule has 2 heterocycles. The number of allylic oxidation sites excluding steroid dienone is 1. The van der Waals surface area contributed by atoms with Gasteiger partial charge in [-0.3, -0.25) is 4.79 Å². The molecule has 0 fully saturated rings. The summed E-state index contributed by atoms with van der Waals surface area (Å²) in [5.74, 6) is 0.914. The third-order valence-corrected chi connectivity index (χ3v) is 2.62. The van der Waals surface area contributed by atoms with Gasteiger partial charge >= 0.3 is 0 Å². The summed E-state index contributed by atoms with van der Waals surface area (Å²) in [6.45, 7) is 0. The second-order valence-electron chi connectivity index (χ2n) is 3.84. The van der Waals surface area contributed by atoms with E-state index in [4.69, 9.17) is 4.74 Å². The molecule has 1 aliphatic rings. The van der Waals surface area contributed by atoms with E-state index in [-0.39, 0.29) is 22.7 Å². The maximum atomic E-state index is 11.3. The van der Waals surface area contributed by atoms with Crippen molar-refractivity contribution >= 4 is 11.3 Å². The smallest absolute Gasteiger partial charge is 0.251 e. The number of anilines is 1. The lowest BCUT2D eigenvalue weighted by atomic mass is 10.2. The lowest BCUT2D eigenvalue weighted by Crippen LogP contribution is -2.09. The predicted octanol–water partition coefficient (Wildman–Crippen LogP) is 1.47. The number of hydrogen-bond donors (Lipinski definition) is 2. The number of nitrogens with zero attached hydrogens (tertiary/aromatic N) is 2. The Labute approximate surface area is 108 Å². The van der Waals surface area contributed by atoms with Crippen molar-refractivity contribution in [1.29, 1.82) is 5.26 Å². The highest BCUT2D eigenvalue weighted by Crippen LogP contribution is 2.35. The van der Waals surface area contributed by atoms with E-state index in [2.05, 4.69) is 15.3 Å². The molecule has 0 amide bonds. The maximum Gasteiger partial charge on any atom is 0.251 e. The van der Waals surface area contributed by atoms with Gasteiger partial charge in [0.1, 0.15) is 11.6 Å². The fraction of sp³-hybridized carbons (Fsp3) is 0. The van der Waals surface area contributed by atoms with E-state index >= 15 is 0 Å². The summed E-state index contributed by atoms with van der Waals surface area (Å²) in [4.78, 5) is 17.6. The van der Waals surface area contributed by atoms with Gasteiger partial charge in [-0.1, -0.05) is 12.1 Å². The number of rotatable bonds is 1. The third-order valence-electron chi connectivity index (χ3n) is 2.62. The number of aromatic amines is 1. The third kappa shape index (κ3) is 1.93. The molecule has 0 aliphatic carbocycles. The average molecular weight is 252 g/mol. The number of ether oxygens (including phenoxy) is 1. The standard InChI is InChI=1S/C13H8N4O2/c14-6-8(10-5-12(18)16-7-15-10)13-17-9-3-1-2-4-11(9)19-13/h1-5,7,17H,(H,15,16,18). The Morgan fingerprint density at radius 2 is 2.21 bits per heavy atom. The van der Waals surface area contributed by atoms with Gasteiger partial charge in [0, 0.05) is 6.07 Å². The summed E-state index contributed by atoms with van der Waals surface area (Å²) in [7, 11) is 0. The average Bonchev–Trinajstić information content (AvgIpc) is 2.83. The van der Waals surface area contributed by atoms with E-state index in [1.807, 2.05) is 24.3 Å². The van der Waals surface area contributed by atoms with Crippen LogP contribution in [0.1, 0.15) is 5.69 Å². The summed E-state index contributed by atoms with van der Waals surface area (Å²) < 4.78 is 5.55. The molecule has 1 aromatic carbocycles. The van der Waals surface area contributed by atoms with E-state index < -0.39 is 0 Å². The number of benzene rings is 1. The van der Waals surface area contributed by atoms with Gasteiger partial charge in [0.05, 0.1) is 17.7 Å². The minimum atomic E-state index is -0.325. The lowest BCUT2D eigenvalue weighted by Gasteiger charge is -2.02. The monoisotopic (exact) mass is 252 g/mol. The van der Waals surface area contributed by atoms with Crippen molar-refractivity contribution in [2.24, 2.45) is 0 Å². The van der Waals surface area contributed by atoms with Gasteiger partial charge in [0.2, 0.25) is 5.88 Å². The van der Waals surface area contributed by atoms with Crippen molar-refractivity contribution in [3.05, 3.63) is 58.6 Å². The largest absolute Gasteiger partial charge is 0.437 e. The molecule has 0 spiro atoms. The Morgan fingerprint density at radius 3 is 2.95 bits per heavy atom. The van der Waals surface area contributed by atoms with Crippen LogP contribution in [0.2, 0.25) is 0 Å². The Bertz CT molecular complexity index is 743. The van der Waals surface area contributed by atoms with Crippen molar-refractivity contribution < 1.29 is 4.74 Å². The Morgan fingerprint density at radius 1 is 1.37 bits per heavy atom. The van der Waals surface area contributed by atoms with Crippen LogP contribution in [0.25, 0.3) is 5.57 Å². The van der Waals surface area contributed by atoms with Gasteiger partial charge in [-0.2, -0.15) is 5.26 Å². The van der Waals surface area contributed by atoms with Crippen LogP contribution in [0, 0.1) is 11.3 Å². The van der Waals surface area contributed by atoms with E-state index in [1.54, 1.807) is 6.07 Å². The van der Waals surface area contributed by atoms with Crippen LogP contribution in [-0.4, -0.2) is 9.97 Å². The van der Waals surface area contributed by atoms with E-state index in [0.29, 0.717) is 5.75 Å². The highest BCUT2D eigenvalue weighted by Gasteiger charge is 2.21. The van der Waals surface area contributed by atoms with Crippen LogP contribution in [0.3, 0.4) is 0 Å². The maximum absolute atomic E-state index is 11.3. The minimum absolute atomic E-state index is 0.183. The number of para-hydroxylation sites is 2. The van der Waals surface area contributed by atoms with Gasteiger partial charge < -0.3 is 15.0 Å². The second kappa shape index (κ2) is 4.31. The van der Waals surface area contributed by atoms with E-state index in [9.17, 15) is 10.1 Å². The Hall–Kier alpha value is -3.07.